The highest BCUT2D eigenvalue weighted by atomic mass is 16.5. The lowest BCUT2D eigenvalue weighted by molar-refractivity contribution is 0.0690. The van der Waals surface area contributed by atoms with Gasteiger partial charge in [-0.25, -0.2) is 19.7 Å². The molecule has 1 aromatic carbocycles. The van der Waals surface area contributed by atoms with E-state index in [1.54, 1.807) is 12.4 Å². The molecule has 188 valence electrons. The van der Waals surface area contributed by atoms with Crippen LogP contribution in [0.4, 0.5) is 23.1 Å². The highest BCUT2D eigenvalue weighted by Gasteiger charge is 2.23. The van der Waals surface area contributed by atoms with E-state index in [1.807, 2.05) is 62.0 Å². The zero-order chi connectivity index (χ0) is 25.8. The number of aromatic nitrogens is 3. The van der Waals surface area contributed by atoms with Gasteiger partial charge in [-0.15, -0.1) is 0 Å². The molecule has 0 aliphatic carbocycles. The number of carboxylic acid groups (broad SMARTS) is 1. The molecule has 3 aromatic rings. The number of hydrogen-bond acceptors (Lipinski definition) is 9. The lowest BCUT2D eigenvalue weighted by Gasteiger charge is -2.26. The average molecular weight is 490 g/mol. The first-order valence-electron chi connectivity index (χ1n) is 11.8. The van der Waals surface area contributed by atoms with Crippen LogP contribution in [0, 0.1) is 11.3 Å². The van der Waals surface area contributed by atoms with Crippen LogP contribution in [-0.2, 0) is 4.74 Å². The van der Waals surface area contributed by atoms with Gasteiger partial charge < -0.3 is 30.4 Å². The Morgan fingerprint density at radius 3 is 2.47 bits per heavy atom. The van der Waals surface area contributed by atoms with Crippen LogP contribution in [0.15, 0.2) is 42.7 Å². The highest BCUT2D eigenvalue weighted by Crippen LogP contribution is 2.33. The number of benzene rings is 1. The van der Waals surface area contributed by atoms with Gasteiger partial charge in [0.2, 0.25) is 5.95 Å². The van der Waals surface area contributed by atoms with E-state index in [0.717, 1.165) is 11.4 Å². The van der Waals surface area contributed by atoms with Gasteiger partial charge in [0.25, 0.3) is 0 Å². The number of nitrogens with one attached hydrogen (secondary N) is 2. The summed E-state index contributed by atoms with van der Waals surface area (Å²) in [7, 11) is 3.89. The lowest BCUT2D eigenvalue weighted by Crippen LogP contribution is -2.37. The Hall–Kier alpha value is -4.05. The first kappa shape index (κ1) is 25.1. The Balaban J connectivity index is 1.83. The quantitative estimate of drug-likeness (QED) is 0.404. The molecule has 1 aliphatic rings. The smallest absolute Gasteiger partial charge is 0.354 e. The minimum atomic E-state index is -1.16. The molecule has 0 unspecified atom stereocenters. The summed E-state index contributed by atoms with van der Waals surface area (Å²) in [5.74, 6) is -0.385. The zero-order valence-electron chi connectivity index (χ0n) is 20.9. The van der Waals surface area contributed by atoms with E-state index in [9.17, 15) is 9.90 Å². The molecule has 0 atom stereocenters. The van der Waals surface area contributed by atoms with Crippen LogP contribution in [0.5, 0.6) is 0 Å². The molecule has 1 saturated heterocycles. The van der Waals surface area contributed by atoms with Gasteiger partial charge in [0.1, 0.15) is 5.82 Å². The number of morpholine rings is 1. The molecule has 10 heteroatoms. The summed E-state index contributed by atoms with van der Waals surface area (Å²) in [6.07, 6.45) is 3.35. The van der Waals surface area contributed by atoms with Gasteiger partial charge in [0.15, 0.2) is 5.69 Å². The van der Waals surface area contributed by atoms with Gasteiger partial charge in [0.05, 0.1) is 13.2 Å². The summed E-state index contributed by atoms with van der Waals surface area (Å²) < 4.78 is 5.40. The van der Waals surface area contributed by atoms with Crippen LogP contribution < -0.4 is 15.1 Å². The molecule has 10 nitrogen and oxygen atoms in total. The van der Waals surface area contributed by atoms with E-state index in [4.69, 9.17) is 10.1 Å². The molecule has 3 heterocycles. The number of carboxylic acids is 1. The number of aromatic carboxylic acids is 1. The molecule has 1 aliphatic heterocycles. The average Bonchev–Trinajstić information content (AvgIpc) is 2.88. The summed E-state index contributed by atoms with van der Waals surface area (Å²) in [6.45, 7) is 6.51. The minimum Gasteiger partial charge on any atom is -0.477 e. The second-order valence-corrected chi connectivity index (χ2v) is 9.09. The van der Waals surface area contributed by atoms with E-state index in [1.165, 1.54) is 6.07 Å². The Morgan fingerprint density at radius 1 is 1.17 bits per heavy atom. The van der Waals surface area contributed by atoms with Crippen LogP contribution in [0.1, 0.15) is 29.9 Å². The summed E-state index contributed by atoms with van der Waals surface area (Å²) in [4.78, 5) is 29.5. The van der Waals surface area contributed by atoms with Crippen molar-refractivity contribution >= 4 is 34.8 Å². The molecule has 3 N–H and O–H groups in total. The topological polar surface area (TPSA) is 128 Å². The summed E-state index contributed by atoms with van der Waals surface area (Å²) >= 11 is 0. The van der Waals surface area contributed by atoms with Gasteiger partial charge in [0, 0.05) is 67.8 Å². The Labute approximate surface area is 210 Å². The van der Waals surface area contributed by atoms with Crippen LogP contribution >= 0.6 is 0 Å². The van der Waals surface area contributed by atoms with Crippen LogP contribution in [0.25, 0.3) is 11.1 Å². The van der Waals surface area contributed by atoms with Gasteiger partial charge in [-0.05, 0) is 35.7 Å². The third-order valence-corrected chi connectivity index (χ3v) is 5.95. The Bertz CT molecular complexity index is 1250. The molecule has 0 saturated carbocycles. The maximum absolute atomic E-state index is 12.0. The van der Waals surface area contributed by atoms with Crippen molar-refractivity contribution in [2.45, 2.75) is 13.8 Å². The van der Waals surface area contributed by atoms with Crippen LogP contribution in [0.2, 0.25) is 0 Å². The number of carbonyl (C=O) groups is 1. The van der Waals surface area contributed by atoms with Crippen molar-refractivity contribution in [3.05, 3.63) is 54.0 Å². The third kappa shape index (κ3) is 5.44. The second-order valence-electron chi connectivity index (χ2n) is 9.09. The number of rotatable bonds is 8. The lowest BCUT2D eigenvalue weighted by atomic mass is 9.92. The normalized spacial score (nSPS) is 13.5. The van der Waals surface area contributed by atoms with E-state index in [0.29, 0.717) is 60.5 Å². The predicted molar refractivity (Wildman–Crippen MR) is 141 cm³/mol. The largest absolute Gasteiger partial charge is 0.477 e. The fraction of sp³-hybridized carbons (Fsp3) is 0.346. The molecule has 36 heavy (non-hydrogen) atoms. The molecule has 2 aromatic heterocycles. The van der Waals surface area contributed by atoms with Crippen molar-refractivity contribution in [1.82, 2.24) is 15.0 Å². The maximum Gasteiger partial charge on any atom is 0.354 e. The maximum atomic E-state index is 12.0. The molecule has 0 radical (unpaired) electrons. The fourth-order valence-electron chi connectivity index (χ4n) is 3.92. The SMILES string of the molecule is CC(C)C(=N)c1c(-c2cnc(N3CCOCC3)nc2)cc(C(=O)O)nc1Nc1cccc(N(C)C)c1. The van der Waals surface area contributed by atoms with Crippen molar-refractivity contribution in [1.29, 1.82) is 5.41 Å². The van der Waals surface area contributed by atoms with Crippen LogP contribution in [-0.4, -0.2) is 72.1 Å². The zero-order valence-corrected chi connectivity index (χ0v) is 20.9. The second kappa shape index (κ2) is 10.7. The molecule has 0 amide bonds. The number of ether oxygens (including phenoxy) is 1. The Kier molecular flexibility index (Phi) is 7.44. The molecule has 0 bridgehead atoms. The van der Waals surface area contributed by atoms with E-state index in [-0.39, 0.29) is 11.6 Å². The standard InChI is InChI=1S/C26H31N7O3/c1-16(2)23(27)22-20(17-14-28-26(29-15-17)33-8-10-36-11-9-33)13-21(25(34)35)31-24(22)30-18-6-5-7-19(12-18)32(3)4/h5-7,12-16,27H,8-11H2,1-4H3,(H,30,31)(H,34,35). The fourth-order valence-corrected chi connectivity index (χ4v) is 3.92. The summed E-state index contributed by atoms with van der Waals surface area (Å²) in [5.41, 5.74) is 3.59. The number of nitrogens with zero attached hydrogens (tertiary/aromatic N) is 5. The molecular weight excluding hydrogens is 458 g/mol. The molecule has 1 fully saturated rings. The van der Waals surface area contributed by atoms with Crippen LogP contribution in [0.3, 0.4) is 0 Å². The van der Waals surface area contributed by atoms with Crippen molar-refractivity contribution in [2.75, 3.05) is 55.5 Å². The van der Waals surface area contributed by atoms with Crippen molar-refractivity contribution in [2.24, 2.45) is 5.92 Å². The highest BCUT2D eigenvalue weighted by molar-refractivity contribution is 6.10. The first-order chi connectivity index (χ1) is 17.2. The van der Waals surface area contributed by atoms with Crippen molar-refractivity contribution in [3.8, 4) is 11.1 Å². The number of anilines is 4. The number of pyridine rings is 1. The summed E-state index contributed by atoms with van der Waals surface area (Å²) in [6, 6.07) is 9.19. The molecule has 0 spiro atoms. The Morgan fingerprint density at radius 2 is 1.86 bits per heavy atom. The number of hydrogen-bond donors (Lipinski definition) is 3. The molecule has 4 rings (SSSR count). The summed E-state index contributed by atoms with van der Waals surface area (Å²) in [5, 5.41) is 22.0. The van der Waals surface area contributed by atoms with Gasteiger partial charge >= 0.3 is 5.97 Å². The van der Waals surface area contributed by atoms with Crippen molar-refractivity contribution in [3.63, 3.8) is 0 Å². The van der Waals surface area contributed by atoms with E-state index < -0.39 is 5.97 Å². The third-order valence-electron chi connectivity index (χ3n) is 5.95. The monoisotopic (exact) mass is 489 g/mol. The van der Waals surface area contributed by atoms with E-state index >= 15 is 0 Å². The first-order valence-corrected chi connectivity index (χ1v) is 11.8. The molecular formula is C26H31N7O3. The van der Waals surface area contributed by atoms with Gasteiger partial charge in [-0.2, -0.15) is 0 Å². The van der Waals surface area contributed by atoms with E-state index in [2.05, 4.69) is 20.3 Å². The predicted octanol–water partition coefficient (Wildman–Crippen LogP) is 3.91. The van der Waals surface area contributed by atoms with Gasteiger partial charge in [-0.1, -0.05) is 19.9 Å². The van der Waals surface area contributed by atoms with Crippen molar-refractivity contribution < 1.29 is 14.6 Å². The van der Waals surface area contributed by atoms with Gasteiger partial charge in [-0.3, -0.25) is 0 Å². The minimum absolute atomic E-state index is 0.122.